The van der Waals surface area contributed by atoms with Gasteiger partial charge in [0.1, 0.15) is 0 Å². The van der Waals surface area contributed by atoms with Gasteiger partial charge in [-0.2, -0.15) is 23.3 Å². The normalized spacial score (nSPS) is 36.3. The van der Waals surface area contributed by atoms with Gasteiger partial charge in [0, 0.05) is 5.71 Å². The van der Waals surface area contributed by atoms with Crippen LogP contribution < -0.4 is 5.73 Å². The quantitative estimate of drug-likeness (QED) is 0.662. The Morgan fingerprint density at radius 2 is 2.22 bits per heavy atom. The molecule has 3 unspecified atom stereocenters. The lowest BCUT2D eigenvalue weighted by Gasteiger charge is -2.39. The fraction of sp³-hybridized carbons (Fsp3) is 0.800. The Balaban J connectivity index is 2.45. The summed E-state index contributed by atoms with van der Waals surface area (Å²) in [6.45, 7) is 1.86. The highest BCUT2D eigenvalue weighted by molar-refractivity contribution is 7.80. The molecule has 0 bridgehead atoms. The van der Waals surface area contributed by atoms with Crippen LogP contribution in [0.3, 0.4) is 0 Å². The third-order valence-corrected chi connectivity index (χ3v) is 3.77. The van der Waals surface area contributed by atoms with Crippen molar-refractivity contribution >= 4 is 23.0 Å². The summed E-state index contributed by atoms with van der Waals surface area (Å²) in [5, 5.41) is 13.6. The van der Waals surface area contributed by atoms with Crippen LogP contribution in [0.25, 0.3) is 0 Å². The van der Waals surface area contributed by atoms with Crippen molar-refractivity contribution in [1.29, 1.82) is 0 Å². The average molecular weight is 281 g/mol. The third-order valence-electron chi connectivity index (χ3n) is 3.60. The predicted molar refractivity (Wildman–Crippen MR) is 63.6 cm³/mol. The number of alkyl halides is 3. The van der Waals surface area contributed by atoms with Crippen LogP contribution >= 0.6 is 12.2 Å². The van der Waals surface area contributed by atoms with E-state index in [9.17, 15) is 18.3 Å². The number of nitrogens with two attached hydrogens (primary N) is 1. The Kier molecular flexibility index (Phi) is 3.05. The van der Waals surface area contributed by atoms with Crippen LogP contribution in [0.2, 0.25) is 0 Å². The van der Waals surface area contributed by atoms with Gasteiger partial charge >= 0.3 is 6.18 Å². The number of nitrogens with zero attached hydrogens (tertiary/aromatic N) is 2. The van der Waals surface area contributed by atoms with E-state index >= 15 is 0 Å². The molecular formula is C10H14F3N3OS. The van der Waals surface area contributed by atoms with E-state index in [1.165, 1.54) is 0 Å². The molecule has 0 saturated heterocycles. The maximum absolute atomic E-state index is 13.2. The van der Waals surface area contributed by atoms with E-state index in [1.54, 1.807) is 0 Å². The molecule has 2 aliphatic rings. The van der Waals surface area contributed by atoms with Gasteiger partial charge in [0.05, 0.1) is 5.92 Å². The standard InChI is InChI=1S/C10H14F3N3OS/c1-5-2-3-7-6(4-5)9(17,10(11,12)13)16(15-7)8(14)18/h5-6,17H,2-4H2,1H3,(H2,14,18). The monoisotopic (exact) mass is 281 g/mol. The first-order chi connectivity index (χ1) is 8.18. The van der Waals surface area contributed by atoms with E-state index in [4.69, 9.17) is 5.73 Å². The van der Waals surface area contributed by atoms with Gasteiger partial charge in [-0.05, 0) is 37.4 Å². The van der Waals surface area contributed by atoms with Gasteiger partial charge in [0.25, 0.3) is 5.72 Å². The second kappa shape index (κ2) is 4.06. The van der Waals surface area contributed by atoms with Gasteiger partial charge in [-0.3, -0.25) is 0 Å². The molecule has 0 aromatic heterocycles. The number of hydrazone groups is 1. The van der Waals surface area contributed by atoms with Crippen LogP contribution in [-0.4, -0.2) is 32.8 Å². The number of fused-ring (bicyclic) bond motifs is 1. The topological polar surface area (TPSA) is 61.8 Å². The number of hydrogen-bond acceptors (Lipinski definition) is 3. The summed E-state index contributed by atoms with van der Waals surface area (Å²) >= 11 is 4.56. The lowest BCUT2D eigenvalue weighted by molar-refractivity contribution is -0.310. The summed E-state index contributed by atoms with van der Waals surface area (Å²) in [6.07, 6.45) is -3.44. The molecule has 3 atom stereocenters. The van der Waals surface area contributed by atoms with Crippen molar-refractivity contribution in [2.75, 3.05) is 0 Å². The van der Waals surface area contributed by atoms with Crippen LogP contribution in [0.4, 0.5) is 13.2 Å². The minimum Gasteiger partial charge on any atom is -0.375 e. The summed E-state index contributed by atoms with van der Waals surface area (Å²) < 4.78 is 39.5. The van der Waals surface area contributed by atoms with Crippen LogP contribution in [0.1, 0.15) is 26.2 Å². The molecule has 1 aliphatic carbocycles. The second-order valence-corrected chi connectivity index (χ2v) is 5.32. The number of hydrogen-bond donors (Lipinski definition) is 2. The largest absolute Gasteiger partial charge is 0.439 e. The summed E-state index contributed by atoms with van der Waals surface area (Å²) in [7, 11) is 0. The molecule has 1 fully saturated rings. The molecule has 0 radical (unpaired) electrons. The molecule has 1 aliphatic heterocycles. The first kappa shape index (κ1) is 13.5. The zero-order chi connectivity index (χ0) is 13.7. The summed E-state index contributed by atoms with van der Waals surface area (Å²) in [6, 6.07) is 0. The highest BCUT2D eigenvalue weighted by Gasteiger charge is 2.68. The molecule has 0 amide bonds. The molecule has 0 aromatic rings. The van der Waals surface area contributed by atoms with Gasteiger partial charge < -0.3 is 10.8 Å². The molecule has 8 heteroatoms. The lowest BCUT2D eigenvalue weighted by Crippen LogP contribution is -2.62. The van der Waals surface area contributed by atoms with Crippen LogP contribution in [0.5, 0.6) is 0 Å². The van der Waals surface area contributed by atoms with E-state index in [-0.39, 0.29) is 12.3 Å². The molecule has 1 saturated carbocycles. The van der Waals surface area contributed by atoms with E-state index in [0.29, 0.717) is 17.1 Å². The molecule has 0 aromatic carbocycles. The Morgan fingerprint density at radius 3 is 2.72 bits per heavy atom. The van der Waals surface area contributed by atoms with E-state index in [0.717, 1.165) is 6.42 Å². The summed E-state index contributed by atoms with van der Waals surface area (Å²) in [5.41, 5.74) is 2.49. The third kappa shape index (κ3) is 1.78. The molecule has 18 heavy (non-hydrogen) atoms. The first-order valence-electron chi connectivity index (χ1n) is 5.64. The molecule has 4 nitrogen and oxygen atoms in total. The smallest absolute Gasteiger partial charge is 0.375 e. The Labute approximate surface area is 108 Å². The Bertz CT molecular complexity index is 412. The zero-order valence-electron chi connectivity index (χ0n) is 9.74. The molecule has 1 heterocycles. The number of rotatable bonds is 0. The van der Waals surface area contributed by atoms with Crippen molar-refractivity contribution in [2.45, 2.75) is 38.1 Å². The zero-order valence-corrected chi connectivity index (χ0v) is 10.6. The molecular weight excluding hydrogens is 267 g/mol. The lowest BCUT2D eigenvalue weighted by atomic mass is 9.76. The minimum absolute atomic E-state index is 0.106. The fourth-order valence-electron chi connectivity index (χ4n) is 2.63. The summed E-state index contributed by atoms with van der Waals surface area (Å²) in [4.78, 5) is 0. The van der Waals surface area contributed by atoms with Gasteiger partial charge in [-0.1, -0.05) is 6.92 Å². The van der Waals surface area contributed by atoms with Crippen molar-refractivity contribution < 1.29 is 18.3 Å². The summed E-state index contributed by atoms with van der Waals surface area (Å²) in [5.74, 6) is -0.975. The second-order valence-electron chi connectivity index (χ2n) is 4.90. The highest BCUT2D eigenvalue weighted by atomic mass is 32.1. The van der Waals surface area contributed by atoms with Crippen molar-refractivity contribution in [3.05, 3.63) is 0 Å². The Morgan fingerprint density at radius 1 is 1.61 bits per heavy atom. The van der Waals surface area contributed by atoms with Gasteiger partial charge in [0.2, 0.25) is 0 Å². The number of thiocarbonyl (C=S) groups is 1. The number of halogens is 3. The molecule has 0 spiro atoms. The van der Waals surface area contributed by atoms with Crippen molar-refractivity contribution in [3.8, 4) is 0 Å². The Hall–Kier alpha value is -0.890. The van der Waals surface area contributed by atoms with Gasteiger partial charge in [0.15, 0.2) is 5.11 Å². The van der Waals surface area contributed by atoms with Gasteiger partial charge in [-0.15, -0.1) is 0 Å². The number of aliphatic hydroxyl groups is 1. The predicted octanol–water partition coefficient (Wildman–Crippen LogP) is 1.59. The molecule has 102 valence electrons. The van der Waals surface area contributed by atoms with Crippen LogP contribution in [0, 0.1) is 11.8 Å². The van der Waals surface area contributed by atoms with Crippen molar-refractivity contribution in [3.63, 3.8) is 0 Å². The van der Waals surface area contributed by atoms with Crippen LogP contribution in [-0.2, 0) is 0 Å². The fourth-order valence-corrected chi connectivity index (χ4v) is 2.81. The highest BCUT2D eigenvalue weighted by Crippen LogP contribution is 2.48. The maximum Gasteiger partial charge on any atom is 0.439 e. The minimum atomic E-state index is -4.86. The molecule has 2 rings (SSSR count). The van der Waals surface area contributed by atoms with Gasteiger partial charge in [-0.25, -0.2) is 0 Å². The maximum atomic E-state index is 13.2. The van der Waals surface area contributed by atoms with Crippen molar-refractivity contribution in [1.82, 2.24) is 5.01 Å². The van der Waals surface area contributed by atoms with E-state index in [2.05, 4.69) is 17.3 Å². The molecule has 3 N–H and O–H groups in total. The van der Waals surface area contributed by atoms with E-state index in [1.807, 2.05) is 6.92 Å². The average Bonchev–Trinajstić information content (AvgIpc) is 2.53. The SMILES string of the molecule is CC1CCC2=NN(C(N)=S)C(O)(C(F)(F)F)C2C1. The van der Waals surface area contributed by atoms with Crippen LogP contribution in [0.15, 0.2) is 5.10 Å². The van der Waals surface area contributed by atoms with E-state index < -0.39 is 22.9 Å². The first-order valence-corrected chi connectivity index (χ1v) is 6.05. The van der Waals surface area contributed by atoms with Crippen molar-refractivity contribution in [2.24, 2.45) is 22.7 Å².